The van der Waals surface area contributed by atoms with Crippen LogP contribution in [-0.4, -0.2) is 12.0 Å². The average molecular weight is 278 g/mol. The number of fused-ring (bicyclic) bond motifs is 5. The number of benzene rings is 1. The number of hydrogen-bond donors (Lipinski definition) is 1. The van der Waals surface area contributed by atoms with Crippen molar-refractivity contribution in [2.45, 2.75) is 31.6 Å². The van der Waals surface area contributed by atoms with Crippen molar-refractivity contribution in [1.29, 1.82) is 0 Å². The molecule has 1 aromatic rings. The number of carbonyl (C=O) groups excluding carboxylic acids is 1. The van der Waals surface area contributed by atoms with Gasteiger partial charge in [-0.15, -0.1) is 0 Å². The van der Waals surface area contributed by atoms with Gasteiger partial charge < -0.3 is 10.1 Å². The van der Waals surface area contributed by atoms with E-state index in [2.05, 4.69) is 5.32 Å². The van der Waals surface area contributed by atoms with Crippen LogP contribution in [0.25, 0.3) is 0 Å². The Hall–Kier alpha value is -1.06. The van der Waals surface area contributed by atoms with Gasteiger partial charge in [-0.2, -0.15) is 0 Å². The summed E-state index contributed by atoms with van der Waals surface area (Å²) in [5.74, 6) is 1.38. The summed E-state index contributed by atoms with van der Waals surface area (Å²) in [5, 5.41) is 3.70. The minimum atomic E-state index is -0.314. The van der Waals surface area contributed by atoms with Crippen molar-refractivity contribution in [2.24, 2.45) is 17.8 Å². The van der Waals surface area contributed by atoms with Crippen LogP contribution in [0.15, 0.2) is 24.3 Å². The summed E-state index contributed by atoms with van der Waals surface area (Å²) < 4.78 is 6.17. The van der Waals surface area contributed by atoms with Gasteiger partial charge in [0.25, 0.3) is 0 Å². The molecule has 1 aliphatic heterocycles. The first-order valence-electron chi connectivity index (χ1n) is 6.93. The predicted molar refractivity (Wildman–Crippen MR) is 71.5 cm³/mol. The van der Waals surface area contributed by atoms with Gasteiger partial charge in [0.15, 0.2) is 6.23 Å². The molecule has 1 N–H and O–H groups in total. The third-order valence-electron chi connectivity index (χ3n) is 4.88. The summed E-state index contributed by atoms with van der Waals surface area (Å²) in [4.78, 5) is 12.3. The maximum absolute atomic E-state index is 12.3. The largest absolute Gasteiger partial charge is 0.350 e. The molecule has 1 heterocycles. The molecule has 19 heavy (non-hydrogen) atoms. The van der Waals surface area contributed by atoms with Gasteiger partial charge in [-0.05, 0) is 43.2 Å². The lowest BCUT2D eigenvalue weighted by atomic mass is 9.84. The molecular weight excluding hydrogens is 262 g/mol. The topological polar surface area (TPSA) is 38.3 Å². The Kier molecular flexibility index (Phi) is 2.61. The lowest BCUT2D eigenvalue weighted by Crippen LogP contribution is -2.50. The highest BCUT2D eigenvalue weighted by atomic mass is 35.5. The molecule has 3 fully saturated rings. The summed E-state index contributed by atoms with van der Waals surface area (Å²) in [7, 11) is 0. The molecular formula is C15H16ClNO2. The second kappa shape index (κ2) is 4.22. The first-order chi connectivity index (χ1) is 9.22. The van der Waals surface area contributed by atoms with Crippen LogP contribution >= 0.6 is 11.6 Å². The van der Waals surface area contributed by atoms with E-state index in [9.17, 15) is 4.79 Å². The van der Waals surface area contributed by atoms with E-state index in [1.807, 2.05) is 24.3 Å². The van der Waals surface area contributed by atoms with Crippen LogP contribution in [0.5, 0.6) is 0 Å². The molecule has 0 spiro atoms. The first-order valence-corrected chi connectivity index (χ1v) is 7.31. The Balaban J connectivity index is 1.60. The summed E-state index contributed by atoms with van der Waals surface area (Å²) in [5.41, 5.74) is 0.971. The third kappa shape index (κ3) is 1.79. The Labute approximate surface area is 117 Å². The Morgan fingerprint density at radius 2 is 1.89 bits per heavy atom. The van der Waals surface area contributed by atoms with Gasteiger partial charge in [-0.3, -0.25) is 4.79 Å². The van der Waals surface area contributed by atoms with Crippen LogP contribution in [0.2, 0.25) is 5.02 Å². The van der Waals surface area contributed by atoms with Crippen LogP contribution in [-0.2, 0) is 9.53 Å². The van der Waals surface area contributed by atoms with Gasteiger partial charge in [0, 0.05) is 10.6 Å². The highest BCUT2D eigenvalue weighted by Crippen LogP contribution is 2.52. The fourth-order valence-corrected chi connectivity index (χ4v) is 4.14. The van der Waals surface area contributed by atoms with Crippen molar-refractivity contribution in [3.8, 4) is 0 Å². The van der Waals surface area contributed by atoms with E-state index in [4.69, 9.17) is 16.3 Å². The molecule has 4 heteroatoms. The van der Waals surface area contributed by atoms with E-state index in [0.29, 0.717) is 16.9 Å². The average Bonchev–Trinajstić information content (AvgIpc) is 3.00. The summed E-state index contributed by atoms with van der Waals surface area (Å²) in [6, 6.07) is 7.50. The minimum absolute atomic E-state index is 0.0855. The fraction of sp³-hybridized carbons (Fsp3) is 0.533. The number of amides is 1. The van der Waals surface area contributed by atoms with E-state index in [1.54, 1.807) is 0 Å². The highest BCUT2D eigenvalue weighted by molar-refractivity contribution is 6.30. The first kappa shape index (κ1) is 11.7. The molecule has 1 aromatic carbocycles. The molecule has 0 aromatic heterocycles. The molecule has 2 aliphatic carbocycles. The zero-order valence-electron chi connectivity index (χ0n) is 10.5. The number of halogens is 1. The van der Waals surface area contributed by atoms with E-state index in [1.165, 1.54) is 12.8 Å². The van der Waals surface area contributed by atoms with Gasteiger partial charge in [-0.1, -0.05) is 23.7 Å². The van der Waals surface area contributed by atoms with E-state index in [0.717, 1.165) is 12.0 Å². The molecule has 100 valence electrons. The Morgan fingerprint density at radius 1 is 1.16 bits per heavy atom. The normalized spacial score (nSPS) is 40.1. The van der Waals surface area contributed by atoms with Gasteiger partial charge in [-0.25, -0.2) is 0 Å². The van der Waals surface area contributed by atoms with Crippen LogP contribution in [0, 0.1) is 17.8 Å². The second-order valence-corrected chi connectivity index (χ2v) is 6.34. The maximum atomic E-state index is 12.3. The quantitative estimate of drug-likeness (QED) is 0.857. The van der Waals surface area contributed by atoms with Crippen molar-refractivity contribution < 1.29 is 9.53 Å². The molecule has 1 amide bonds. The van der Waals surface area contributed by atoms with Crippen molar-refractivity contribution >= 4 is 17.5 Å². The standard InChI is InChI=1S/C15H16ClNO2/c16-11-5-3-8(4-6-11)15-17-14(18)12-9-1-2-10(7-9)13(12)19-15/h3-6,9-10,12-13,15H,1-2,7H2,(H,17,18). The monoisotopic (exact) mass is 277 g/mol. The van der Waals surface area contributed by atoms with E-state index >= 15 is 0 Å². The summed E-state index contributed by atoms with van der Waals surface area (Å²) >= 11 is 5.89. The predicted octanol–water partition coefficient (Wildman–Crippen LogP) is 2.90. The summed E-state index contributed by atoms with van der Waals surface area (Å²) in [6.45, 7) is 0. The molecule has 5 atom stereocenters. The van der Waals surface area contributed by atoms with Crippen LogP contribution < -0.4 is 5.32 Å². The van der Waals surface area contributed by atoms with Gasteiger partial charge in [0.2, 0.25) is 5.91 Å². The number of carbonyl (C=O) groups is 1. The molecule has 1 saturated heterocycles. The highest BCUT2D eigenvalue weighted by Gasteiger charge is 2.54. The number of hydrogen-bond acceptors (Lipinski definition) is 2. The molecule has 4 rings (SSSR count). The lowest BCUT2D eigenvalue weighted by molar-refractivity contribution is -0.160. The fourth-order valence-electron chi connectivity index (χ4n) is 4.01. The van der Waals surface area contributed by atoms with E-state index < -0.39 is 0 Å². The molecule has 2 bridgehead atoms. The zero-order valence-corrected chi connectivity index (χ0v) is 11.3. The van der Waals surface area contributed by atoms with Gasteiger partial charge >= 0.3 is 0 Å². The molecule has 3 nitrogen and oxygen atoms in total. The maximum Gasteiger partial charge on any atom is 0.228 e. The van der Waals surface area contributed by atoms with Crippen molar-refractivity contribution in [1.82, 2.24) is 5.32 Å². The number of ether oxygens (including phenoxy) is 1. The van der Waals surface area contributed by atoms with Crippen molar-refractivity contribution in [3.63, 3.8) is 0 Å². The molecule has 3 aliphatic rings. The Bertz CT molecular complexity index is 515. The van der Waals surface area contributed by atoms with Crippen LogP contribution in [0.4, 0.5) is 0 Å². The smallest absolute Gasteiger partial charge is 0.228 e. The second-order valence-electron chi connectivity index (χ2n) is 5.90. The van der Waals surface area contributed by atoms with Crippen LogP contribution in [0.3, 0.4) is 0 Å². The zero-order chi connectivity index (χ0) is 13.0. The molecule has 2 saturated carbocycles. The van der Waals surface area contributed by atoms with Gasteiger partial charge in [0.1, 0.15) is 0 Å². The van der Waals surface area contributed by atoms with Crippen molar-refractivity contribution in [2.75, 3.05) is 0 Å². The Morgan fingerprint density at radius 3 is 2.68 bits per heavy atom. The third-order valence-corrected chi connectivity index (χ3v) is 5.13. The van der Waals surface area contributed by atoms with Gasteiger partial charge in [0.05, 0.1) is 12.0 Å². The lowest BCUT2D eigenvalue weighted by Gasteiger charge is -2.39. The number of nitrogens with one attached hydrogen (secondary N) is 1. The molecule has 5 unspecified atom stereocenters. The molecule has 0 radical (unpaired) electrons. The van der Waals surface area contributed by atoms with Crippen LogP contribution in [0.1, 0.15) is 31.1 Å². The number of rotatable bonds is 1. The minimum Gasteiger partial charge on any atom is -0.350 e. The van der Waals surface area contributed by atoms with Crippen molar-refractivity contribution in [3.05, 3.63) is 34.9 Å². The SMILES string of the molecule is O=C1NC(c2ccc(Cl)cc2)OC2C3CCC(C3)C12. The van der Waals surface area contributed by atoms with E-state index in [-0.39, 0.29) is 24.2 Å². The summed E-state index contributed by atoms with van der Waals surface area (Å²) in [6.07, 6.45) is 3.37.